The zero-order valence-corrected chi connectivity index (χ0v) is 15.6. The van der Waals surface area contributed by atoms with Gasteiger partial charge in [-0.15, -0.1) is 0 Å². The molecule has 1 N–H and O–H groups in total. The molecule has 26 heavy (non-hydrogen) atoms. The summed E-state index contributed by atoms with van der Waals surface area (Å²) < 4.78 is 25.1. The number of anilines is 1. The van der Waals surface area contributed by atoms with Crippen LogP contribution in [0.4, 0.5) is 5.82 Å². The minimum Gasteiger partial charge on any atom is -0.356 e. The average Bonchev–Trinajstić information content (AvgIpc) is 3.06. The lowest BCUT2D eigenvalue weighted by atomic mass is 9.81. The maximum Gasteiger partial charge on any atom is 0.180 e. The summed E-state index contributed by atoms with van der Waals surface area (Å²) in [6, 6.07) is 5.64. The van der Waals surface area contributed by atoms with E-state index in [9.17, 15) is 8.42 Å². The summed E-state index contributed by atoms with van der Waals surface area (Å²) in [5, 5.41) is 0.983. The molecule has 0 spiro atoms. The molecule has 8 heteroatoms. The van der Waals surface area contributed by atoms with Gasteiger partial charge in [0.15, 0.2) is 9.84 Å². The molecule has 0 radical (unpaired) electrons. The zero-order chi connectivity index (χ0) is 18.3. The molecule has 1 saturated carbocycles. The van der Waals surface area contributed by atoms with Crippen molar-refractivity contribution < 1.29 is 8.42 Å². The van der Waals surface area contributed by atoms with Crippen LogP contribution in [-0.4, -0.2) is 47.2 Å². The summed E-state index contributed by atoms with van der Waals surface area (Å²) in [6.45, 7) is 1.84. The molecule has 0 amide bonds. The number of rotatable bonds is 5. The molecule has 0 saturated heterocycles. The molecule has 136 valence electrons. The van der Waals surface area contributed by atoms with E-state index < -0.39 is 9.84 Å². The van der Waals surface area contributed by atoms with E-state index in [2.05, 4.69) is 24.8 Å². The first-order valence-electron chi connectivity index (χ1n) is 8.60. The predicted molar refractivity (Wildman–Crippen MR) is 99.8 cm³/mol. The maximum absolute atomic E-state index is 12.6. The largest absolute Gasteiger partial charge is 0.356 e. The van der Waals surface area contributed by atoms with Gasteiger partial charge in [-0.05, 0) is 43.9 Å². The number of nitrogens with one attached hydrogen (secondary N) is 1. The van der Waals surface area contributed by atoms with E-state index in [0.29, 0.717) is 10.9 Å². The van der Waals surface area contributed by atoms with Crippen LogP contribution in [0.25, 0.3) is 11.0 Å². The van der Waals surface area contributed by atoms with E-state index in [1.54, 1.807) is 18.5 Å². The molecule has 7 nitrogen and oxygen atoms in total. The van der Waals surface area contributed by atoms with Crippen LogP contribution in [0.3, 0.4) is 0 Å². The Morgan fingerprint density at radius 2 is 2.00 bits per heavy atom. The summed E-state index contributed by atoms with van der Waals surface area (Å²) in [7, 11) is -1.28. The van der Waals surface area contributed by atoms with Gasteiger partial charge in [0.25, 0.3) is 0 Å². The van der Waals surface area contributed by atoms with E-state index in [0.717, 1.165) is 35.4 Å². The van der Waals surface area contributed by atoms with Crippen molar-refractivity contribution in [2.45, 2.75) is 30.7 Å². The minimum atomic E-state index is -3.29. The van der Waals surface area contributed by atoms with Gasteiger partial charge in [0.05, 0.1) is 16.0 Å². The smallest absolute Gasteiger partial charge is 0.180 e. The van der Waals surface area contributed by atoms with E-state index in [4.69, 9.17) is 0 Å². The predicted octanol–water partition coefficient (Wildman–Crippen LogP) is 2.35. The van der Waals surface area contributed by atoms with Crippen molar-refractivity contribution >= 4 is 26.7 Å². The lowest BCUT2D eigenvalue weighted by Gasteiger charge is -2.41. The topological polar surface area (TPSA) is 91.8 Å². The number of H-pyrrole nitrogens is 1. The number of aromatic nitrogens is 4. The first-order valence-corrected chi connectivity index (χ1v) is 10.3. The van der Waals surface area contributed by atoms with Crippen LogP contribution in [0.15, 0.2) is 41.8 Å². The highest BCUT2D eigenvalue weighted by Gasteiger charge is 2.36. The molecule has 0 bridgehead atoms. The van der Waals surface area contributed by atoms with E-state index in [1.807, 2.05) is 26.2 Å². The van der Waals surface area contributed by atoms with Crippen molar-refractivity contribution in [2.24, 2.45) is 5.92 Å². The maximum atomic E-state index is 12.6. The van der Waals surface area contributed by atoms with Crippen molar-refractivity contribution in [3.8, 4) is 0 Å². The first-order chi connectivity index (χ1) is 12.4. The summed E-state index contributed by atoms with van der Waals surface area (Å²) >= 11 is 0. The molecule has 1 aliphatic carbocycles. The third-order valence-corrected chi connectivity index (χ3v) is 6.99. The van der Waals surface area contributed by atoms with Gasteiger partial charge in [0.2, 0.25) is 0 Å². The summed E-state index contributed by atoms with van der Waals surface area (Å²) in [4.78, 5) is 18.2. The van der Waals surface area contributed by atoms with Crippen molar-refractivity contribution in [1.82, 2.24) is 19.9 Å². The van der Waals surface area contributed by atoms with Gasteiger partial charge in [-0.3, -0.25) is 4.98 Å². The standard InChI is InChI=1S/C18H21N5O2S/c1-12-3-4-15(9-20-12)26(24,25)10-13-7-14(8-13)23(2)18-16-5-6-19-17(16)21-11-22-18/h3-6,9,11,13-14H,7-8,10H2,1-2H3,(H,19,21,22)/t13-,14+. The highest BCUT2D eigenvalue weighted by Crippen LogP contribution is 2.36. The van der Waals surface area contributed by atoms with E-state index >= 15 is 0 Å². The van der Waals surface area contributed by atoms with Gasteiger partial charge < -0.3 is 9.88 Å². The molecule has 3 aromatic rings. The lowest BCUT2D eigenvalue weighted by Crippen LogP contribution is -2.45. The Balaban J connectivity index is 1.42. The second-order valence-corrected chi connectivity index (χ2v) is 8.99. The number of hydrogen-bond donors (Lipinski definition) is 1. The first kappa shape index (κ1) is 17.0. The minimum absolute atomic E-state index is 0.164. The van der Waals surface area contributed by atoms with Crippen molar-refractivity contribution in [3.05, 3.63) is 42.6 Å². The molecule has 0 aliphatic heterocycles. The fraction of sp³-hybridized carbons (Fsp3) is 0.389. The molecule has 4 rings (SSSR count). The Kier molecular flexibility index (Phi) is 4.14. The number of aryl methyl sites for hydroxylation is 1. The lowest BCUT2D eigenvalue weighted by molar-refractivity contribution is 0.282. The van der Waals surface area contributed by atoms with Gasteiger partial charge in [-0.2, -0.15) is 0 Å². The fourth-order valence-corrected chi connectivity index (χ4v) is 5.08. The van der Waals surface area contributed by atoms with Crippen LogP contribution in [0.5, 0.6) is 0 Å². The molecule has 1 fully saturated rings. The van der Waals surface area contributed by atoms with Crippen molar-refractivity contribution in [1.29, 1.82) is 0 Å². The van der Waals surface area contributed by atoms with Gasteiger partial charge in [-0.25, -0.2) is 18.4 Å². The fourth-order valence-electron chi connectivity index (χ4n) is 3.51. The molecular weight excluding hydrogens is 350 g/mol. The highest BCUT2D eigenvalue weighted by atomic mass is 32.2. The number of pyridine rings is 1. The van der Waals surface area contributed by atoms with Crippen LogP contribution in [0, 0.1) is 12.8 Å². The Labute approximate surface area is 152 Å². The number of hydrogen-bond acceptors (Lipinski definition) is 6. The molecule has 1 aliphatic rings. The Morgan fingerprint density at radius 3 is 2.73 bits per heavy atom. The Morgan fingerprint density at radius 1 is 1.19 bits per heavy atom. The molecule has 0 aromatic carbocycles. The second-order valence-electron chi connectivity index (χ2n) is 6.96. The highest BCUT2D eigenvalue weighted by molar-refractivity contribution is 7.91. The quantitative estimate of drug-likeness (QED) is 0.740. The zero-order valence-electron chi connectivity index (χ0n) is 14.8. The van der Waals surface area contributed by atoms with E-state index in [1.165, 1.54) is 6.20 Å². The molecule has 3 aromatic heterocycles. The molecule has 0 atom stereocenters. The third-order valence-electron chi connectivity index (χ3n) is 5.12. The number of sulfone groups is 1. The SMILES string of the molecule is Cc1ccc(S(=O)(=O)C[C@H]2C[C@@H](N(C)c3ncnc4[nH]ccc34)C2)cn1. The monoisotopic (exact) mass is 371 g/mol. The van der Waals surface area contributed by atoms with Crippen molar-refractivity contribution in [2.75, 3.05) is 17.7 Å². The third kappa shape index (κ3) is 3.05. The van der Waals surface area contributed by atoms with Gasteiger partial charge in [0.1, 0.15) is 17.8 Å². The Bertz CT molecular complexity index is 1020. The van der Waals surface area contributed by atoms with Crippen LogP contribution in [0.1, 0.15) is 18.5 Å². The summed E-state index contributed by atoms with van der Waals surface area (Å²) in [5.74, 6) is 1.22. The number of fused-ring (bicyclic) bond motifs is 1. The average molecular weight is 371 g/mol. The van der Waals surface area contributed by atoms with Gasteiger partial charge in [-0.1, -0.05) is 0 Å². The summed E-state index contributed by atoms with van der Waals surface area (Å²) in [5.41, 5.74) is 1.63. The summed E-state index contributed by atoms with van der Waals surface area (Å²) in [6.07, 6.45) is 6.53. The van der Waals surface area contributed by atoms with Crippen LogP contribution in [0.2, 0.25) is 0 Å². The van der Waals surface area contributed by atoms with Gasteiger partial charge >= 0.3 is 0 Å². The molecule has 3 heterocycles. The number of nitrogens with zero attached hydrogens (tertiary/aromatic N) is 4. The Hall–Kier alpha value is -2.48. The van der Waals surface area contributed by atoms with Crippen LogP contribution >= 0.6 is 0 Å². The second kappa shape index (κ2) is 6.35. The normalized spacial score (nSPS) is 20.1. The number of aromatic amines is 1. The van der Waals surface area contributed by atoms with Gasteiger partial charge in [0, 0.05) is 31.2 Å². The molecular formula is C18H21N5O2S. The van der Waals surface area contributed by atoms with Crippen LogP contribution in [-0.2, 0) is 9.84 Å². The molecule has 0 unspecified atom stereocenters. The van der Waals surface area contributed by atoms with E-state index in [-0.39, 0.29) is 11.7 Å². The van der Waals surface area contributed by atoms with Crippen LogP contribution < -0.4 is 4.90 Å². The van der Waals surface area contributed by atoms with Crippen molar-refractivity contribution in [3.63, 3.8) is 0 Å².